The first-order valence-electron chi connectivity index (χ1n) is 3.86. The second kappa shape index (κ2) is 5.47. The third-order valence-electron chi connectivity index (χ3n) is 1.42. The monoisotopic (exact) mass is 165 g/mol. The predicted octanol–water partition coefficient (Wildman–Crippen LogP) is 2.17. The minimum atomic E-state index is 0.0765. The topological polar surface area (TPSA) is 29.4 Å². The maximum absolute atomic E-state index is 10.5. The van der Waals surface area contributed by atoms with E-state index in [-0.39, 0.29) is 12.3 Å². The van der Waals surface area contributed by atoms with E-state index in [1.165, 1.54) is 6.92 Å². The van der Waals surface area contributed by atoms with Crippen LogP contribution in [0.5, 0.6) is 0 Å². The van der Waals surface area contributed by atoms with Crippen molar-refractivity contribution in [2.45, 2.75) is 20.8 Å². The number of rotatable bonds is 4. The molecular weight excluding hydrogens is 150 g/mol. The summed E-state index contributed by atoms with van der Waals surface area (Å²) < 4.78 is 0. The lowest BCUT2D eigenvalue weighted by molar-refractivity contribution is -0.115. The Labute approximate surface area is 73.7 Å². The smallest absolute Gasteiger partial charge is 0.151 e. The van der Waals surface area contributed by atoms with Crippen molar-refractivity contribution in [1.82, 2.24) is 0 Å². The van der Waals surface area contributed by atoms with E-state index >= 15 is 0 Å². The van der Waals surface area contributed by atoms with Gasteiger partial charge in [-0.15, -0.1) is 0 Å². The Kier molecular flexibility index (Phi) is 4.93. The number of allylic oxidation sites excluding steroid dienone is 3. The van der Waals surface area contributed by atoms with Gasteiger partial charge in [-0.05, 0) is 32.4 Å². The van der Waals surface area contributed by atoms with Crippen LogP contribution in [0, 0.1) is 0 Å². The third-order valence-corrected chi connectivity index (χ3v) is 1.42. The van der Waals surface area contributed by atoms with Crippen LogP contribution < -0.4 is 0 Å². The summed E-state index contributed by atoms with van der Waals surface area (Å²) in [6.07, 6.45) is 3.50. The summed E-state index contributed by atoms with van der Waals surface area (Å²) >= 11 is 0. The van der Waals surface area contributed by atoms with E-state index in [2.05, 4.69) is 11.6 Å². The molecule has 0 aromatic rings. The molecule has 0 heterocycles. The van der Waals surface area contributed by atoms with Crippen molar-refractivity contribution in [3.63, 3.8) is 0 Å². The SMILES string of the molecule is C=C(C)/C(C)=C\C=NCC(C)=O. The number of carbonyl (C=O) groups excluding carboxylic acids is 1. The van der Waals surface area contributed by atoms with Gasteiger partial charge in [0.05, 0.1) is 6.54 Å². The van der Waals surface area contributed by atoms with Gasteiger partial charge in [-0.2, -0.15) is 0 Å². The maximum Gasteiger partial charge on any atom is 0.151 e. The molecule has 0 saturated carbocycles. The molecule has 2 heteroatoms. The molecule has 0 fully saturated rings. The van der Waals surface area contributed by atoms with Gasteiger partial charge < -0.3 is 0 Å². The lowest BCUT2D eigenvalue weighted by atomic mass is 10.1. The van der Waals surface area contributed by atoms with E-state index in [1.54, 1.807) is 6.21 Å². The minimum Gasteiger partial charge on any atom is -0.298 e. The zero-order valence-corrected chi connectivity index (χ0v) is 7.92. The Bertz CT molecular complexity index is 236. The molecule has 0 N–H and O–H groups in total. The summed E-state index contributed by atoms with van der Waals surface area (Å²) in [6.45, 7) is 9.45. The molecular formula is C10H15NO. The quantitative estimate of drug-likeness (QED) is 0.463. The molecule has 0 aromatic carbocycles. The number of carbonyl (C=O) groups is 1. The Morgan fingerprint density at radius 1 is 1.42 bits per heavy atom. The largest absolute Gasteiger partial charge is 0.298 e. The van der Waals surface area contributed by atoms with Crippen molar-refractivity contribution in [3.8, 4) is 0 Å². The number of nitrogens with zero attached hydrogens (tertiary/aromatic N) is 1. The van der Waals surface area contributed by atoms with Crippen LogP contribution in [0.2, 0.25) is 0 Å². The normalized spacial score (nSPS) is 12.1. The fraction of sp³-hybridized carbons (Fsp3) is 0.400. The van der Waals surface area contributed by atoms with E-state index in [1.807, 2.05) is 19.9 Å². The third kappa shape index (κ3) is 5.59. The lowest BCUT2D eigenvalue weighted by Crippen LogP contribution is -1.94. The van der Waals surface area contributed by atoms with Crippen LogP contribution in [0.1, 0.15) is 20.8 Å². The highest BCUT2D eigenvalue weighted by Crippen LogP contribution is 2.02. The molecule has 12 heavy (non-hydrogen) atoms. The minimum absolute atomic E-state index is 0.0765. The molecule has 0 unspecified atom stereocenters. The molecule has 0 spiro atoms. The summed E-state index contributed by atoms with van der Waals surface area (Å²) in [7, 11) is 0. The standard InChI is InChI=1S/C10H15NO/c1-8(2)9(3)5-6-11-7-10(4)12/h5-6H,1,7H2,2-4H3/b9-5-,11-6?. The second-order valence-corrected chi connectivity index (χ2v) is 2.82. The van der Waals surface area contributed by atoms with E-state index in [9.17, 15) is 4.79 Å². The van der Waals surface area contributed by atoms with Gasteiger partial charge >= 0.3 is 0 Å². The van der Waals surface area contributed by atoms with E-state index < -0.39 is 0 Å². The molecule has 66 valence electrons. The van der Waals surface area contributed by atoms with Gasteiger partial charge in [-0.1, -0.05) is 12.2 Å². The molecule has 2 nitrogen and oxygen atoms in total. The van der Waals surface area contributed by atoms with E-state index in [0.717, 1.165) is 11.1 Å². The molecule has 0 aliphatic carbocycles. The summed E-state index contributed by atoms with van der Waals surface area (Å²) in [4.78, 5) is 14.4. The zero-order valence-electron chi connectivity index (χ0n) is 7.92. The zero-order chi connectivity index (χ0) is 9.56. The first kappa shape index (κ1) is 10.8. The molecule has 0 saturated heterocycles. The van der Waals surface area contributed by atoms with Crippen LogP contribution in [0.25, 0.3) is 0 Å². The van der Waals surface area contributed by atoms with Crippen molar-refractivity contribution in [3.05, 3.63) is 23.8 Å². The average Bonchev–Trinajstić information content (AvgIpc) is 1.97. The van der Waals surface area contributed by atoms with Crippen molar-refractivity contribution < 1.29 is 4.79 Å². The van der Waals surface area contributed by atoms with Gasteiger partial charge in [0.25, 0.3) is 0 Å². The number of Topliss-reactive ketones (excluding diaryl/α,β-unsaturated/α-hetero) is 1. The van der Waals surface area contributed by atoms with Crippen molar-refractivity contribution in [2.75, 3.05) is 6.54 Å². The molecule has 0 rings (SSSR count). The fourth-order valence-electron chi connectivity index (χ4n) is 0.488. The molecule has 0 amide bonds. The molecule has 0 atom stereocenters. The van der Waals surface area contributed by atoms with Gasteiger partial charge in [-0.25, -0.2) is 0 Å². The van der Waals surface area contributed by atoms with Gasteiger partial charge in [-0.3, -0.25) is 9.79 Å². The number of hydrogen-bond donors (Lipinski definition) is 0. The van der Waals surface area contributed by atoms with E-state index in [0.29, 0.717) is 0 Å². The van der Waals surface area contributed by atoms with Gasteiger partial charge in [0, 0.05) is 6.21 Å². The Morgan fingerprint density at radius 3 is 2.42 bits per heavy atom. The summed E-state index contributed by atoms with van der Waals surface area (Å²) in [6, 6.07) is 0. The van der Waals surface area contributed by atoms with Crippen LogP contribution in [-0.4, -0.2) is 18.5 Å². The van der Waals surface area contributed by atoms with Crippen LogP contribution >= 0.6 is 0 Å². The molecule has 0 radical (unpaired) electrons. The van der Waals surface area contributed by atoms with Crippen LogP contribution in [0.4, 0.5) is 0 Å². The molecule has 0 aromatic heterocycles. The van der Waals surface area contributed by atoms with Crippen LogP contribution in [-0.2, 0) is 4.79 Å². The van der Waals surface area contributed by atoms with Crippen molar-refractivity contribution >= 4 is 12.0 Å². The molecule has 0 aliphatic heterocycles. The molecule has 0 aliphatic rings. The Hall–Kier alpha value is -1.18. The van der Waals surface area contributed by atoms with Gasteiger partial charge in [0.2, 0.25) is 0 Å². The maximum atomic E-state index is 10.5. The highest BCUT2D eigenvalue weighted by molar-refractivity contribution is 5.81. The Balaban J connectivity index is 3.95. The van der Waals surface area contributed by atoms with Gasteiger partial charge in [0.15, 0.2) is 5.78 Å². The molecule has 0 bridgehead atoms. The fourth-order valence-corrected chi connectivity index (χ4v) is 0.488. The van der Waals surface area contributed by atoms with Crippen LogP contribution in [0.15, 0.2) is 28.8 Å². The first-order valence-corrected chi connectivity index (χ1v) is 3.86. The number of aliphatic imine (C=N–C) groups is 1. The number of hydrogen-bond acceptors (Lipinski definition) is 2. The van der Waals surface area contributed by atoms with Crippen molar-refractivity contribution in [2.24, 2.45) is 4.99 Å². The van der Waals surface area contributed by atoms with Crippen molar-refractivity contribution in [1.29, 1.82) is 0 Å². The van der Waals surface area contributed by atoms with E-state index in [4.69, 9.17) is 0 Å². The summed E-state index contributed by atoms with van der Waals surface area (Å²) in [5, 5.41) is 0. The number of ketones is 1. The summed E-state index contributed by atoms with van der Waals surface area (Å²) in [5.41, 5.74) is 2.10. The lowest BCUT2D eigenvalue weighted by Gasteiger charge is -1.93. The summed E-state index contributed by atoms with van der Waals surface area (Å²) in [5.74, 6) is 0.0765. The second-order valence-electron chi connectivity index (χ2n) is 2.82. The average molecular weight is 165 g/mol. The van der Waals surface area contributed by atoms with Crippen LogP contribution in [0.3, 0.4) is 0 Å². The first-order chi connectivity index (χ1) is 5.54. The van der Waals surface area contributed by atoms with Gasteiger partial charge in [0.1, 0.15) is 0 Å². The highest BCUT2D eigenvalue weighted by Gasteiger charge is 1.87. The predicted molar refractivity (Wildman–Crippen MR) is 52.6 cm³/mol. The highest BCUT2D eigenvalue weighted by atomic mass is 16.1. The Morgan fingerprint density at radius 2 is 2.00 bits per heavy atom.